The average molecular weight is 286 g/mol. The van der Waals surface area contributed by atoms with Crippen molar-refractivity contribution in [3.63, 3.8) is 0 Å². The number of nitrogens with one attached hydrogen (secondary N) is 1. The Bertz CT molecular complexity index is 544. The van der Waals surface area contributed by atoms with Gasteiger partial charge < -0.3 is 15.2 Å². The Kier molecular flexibility index (Phi) is 3.70. The van der Waals surface area contributed by atoms with Crippen molar-refractivity contribution in [2.24, 2.45) is 23.7 Å². The lowest BCUT2D eigenvalue weighted by atomic mass is 9.58. The summed E-state index contributed by atoms with van der Waals surface area (Å²) in [4.78, 5) is 24.0. The van der Waals surface area contributed by atoms with E-state index < -0.39 is 17.8 Å². The second-order valence-corrected chi connectivity index (χ2v) is 6.40. The highest BCUT2D eigenvalue weighted by molar-refractivity contribution is 5.95. The highest BCUT2D eigenvalue weighted by Gasteiger charge is 2.47. The molecule has 1 aromatic rings. The van der Waals surface area contributed by atoms with Crippen LogP contribution in [-0.2, 0) is 9.59 Å². The van der Waals surface area contributed by atoms with Gasteiger partial charge in [-0.15, -0.1) is 0 Å². The first-order valence-corrected chi connectivity index (χ1v) is 7.64. The smallest absolute Gasteiger partial charge is 0.228 e. The summed E-state index contributed by atoms with van der Waals surface area (Å²) in [5.41, 5.74) is 1.85. The van der Waals surface area contributed by atoms with Gasteiger partial charge in [0.1, 0.15) is 0 Å². The van der Waals surface area contributed by atoms with Crippen molar-refractivity contribution < 1.29 is 14.7 Å². The minimum absolute atomic E-state index is 0.105. The van der Waals surface area contributed by atoms with Gasteiger partial charge in [-0.1, -0.05) is 17.7 Å². The second-order valence-electron chi connectivity index (χ2n) is 6.40. The first-order chi connectivity index (χ1) is 10.1. The largest absolute Gasteiger partial charge is 0.550 e. The molecule has 4 nitrogen and oxygen atoms in total. The van der Waals surface area contributed by atoms with Gasteiger partial charge in [0.15, 0.2) is 0 Å². The Morgan fingerprint density at radius 2 is 1.52 bits per heavy atom. The number of carbonyl (C=O) groups is 2. The molecule has 3 saturated carbocycles. The maximum absolute atomic E-state index is 12.6. The van der Waals surface area contributed by atoms with Crippen LogP contribution in [0.4, 0.5) is 5.69 Å². The van der Waals surface area contributed by atoms with Crippen molar-refractivity contribution in [1.82, 2.24) is 0 Å². The van der Waals surface area contributed by atoms with Crippen LogP contribution in [0, 0.1) is 30.6 Å². The summed E-state index contributed by atoms with van der Waals surface area (Å²) in [7, 11) is 0. The average Bonchev–Trinajstić information content (AvgIpc) is 2.49. The molecule has 1 N–H and O–H groups in total. The fraction of sp³-hybridized carbons (Fsp3) is 0.529. The summed E-state index contributed by atoms with van der Waals surface area (Å²) in [6, 6.07) is 7.56. The zero-order valence-electron chi connectivity index (χ0n) is 12.2. The van der Waals surface area contributed by atoms with E-state index >= 15 is 0 Å². The molecule has 2 bridgehead atoms. The van der Waals surface area contributed by atoms with E-state index in [0.29, 0.717) is 0 Å². The van der Waals surface area contributed by atoms with E-state index in [9.17, 15) is 14.7 Å². The molecule has 1 amide bonds. The van der Waals surface area contributed by atoms with Crippen molar-refractivity contribution >= 4 is 17.6 Å². The molecule has 4 heteroatoms. The topological polar surface area (TPSA) is 69.2 Å². The van der Waals surface area contributed by atoms with Crippen LogP contribution < -0.4 is 10.4 Å². The fourth-order valence-corrected chi connectivity index (χ4v) is 4.03. The van der Waals surface area contributed by atoms with Gasteiger partial charge in [-0.05, 0) is 56.6 Å². The molecule has 2 atom stereocenters. The third-order valence-corrected chi connectivity index (χ3v) is 5.11. The molecule has 3 aliphatic carbocycles. The van der Waals surface area contributed by atoms with Crippen molar-refractivity contribution in [1.29, 1.82) is 0 Å². The van der Waals surface area contributed by atoms with Gasteiger partial charge in [0.2, 0.25) is 5.91 Å². The lowest BCUT2D eigenvalue weighted by Gasteiger charge is -2.48. The predicted octanol–water partition coefficient (Wildman–Crippen LogP) is 1.74. The summed E-state index contributed by atoms with van der Waals surface area (Å²) in [6.07, 6.45) is 3.75. The zero-order valence-corrected chi connectivity index (χ0v) is 12.2. The van der Waals surface area contributed by atoms with Gasteiger partial charge in [0, 0.05) is 23.5 Å². The van der Waals surface area contributed by atoms with E-state index in [0.717, 1.165) is 36.9 Å². The van der Waals surface area contributed by atoms with Gasteiger partial charge in [0.05, 0.1) is 0 Å². The molecular weight excluding hydrogens is 266 g/mol. The number of aryl methyl sites for hydroxylation is 1. The van der Waals surface area contributed by atoms with E-state index in [2.05, 4.69) is 5.32 Å². The summed E-state index contributed by atoms with van der Waals surface area (Å²) >= 11 is 0. The quantitative estimate of drug-likeness (QED) is 0.920. The van der Waals surface area contributed by atoms with Gasteiger partial charge >= 0.3 is 0 Å². The molecular formula is C17H20NO3-. The normalized spacial score (nSPS) is 30.9. The third kappa shape index (κ3) is 2.67. The lowest BCUT2D eigenvalue weighted by Crippen LogP contribution is -2.52. The molecule has 4 rings (SSSR count). The molecule has 0 saturated heterocycles. The lowest BCUT2D eigenvalue weighted by molar-refractivity contribution is -0.318. The Balaban J connectivity index is 1.78. The molecule has 0 radical (unpaired) electrons. The highest BCUT2D eigenvalue weighted by atomic mass is 16.4. The number of hydrogen-bond donors (Lipinski definition) is 1. The van der Waals surface area contributed by atoms with E-state index in [1.165, 1.54) is 0 Å². The monoisotopic (exact) mass is 286 g/mol. The summed E-state index contributed by atoms with van der Waals surface area (Å²) in [6.45, 7) is 1.98. The first kappa shape index (κ1) is 14.1. The third-order valence-electron chi connectivity index (χ3n) is 5.11. The van der Waals surface area contributed by atoms with E-state index in [-0.39, 0.29) is 17.7 Å². The molecule has 0 spiro atoms. The maximum Gasteiger partial charge on any atom is 0.228 e. The van der Waals surface area contributed by atoms with E-state index in [4.69, 9.17) is 0 Å². The number of fused-ring (bicyclic) bond motifs is 3. The van der Waals surface area contributed by atoms with E-state index in [1.54, 1.807) is 0 Å². The number of aliphatic carboxylic acids is 1. The summed E-state index contributed by atoms with van der Waals surface area (Å²) in [5, 5.41) is 14.3. The van der Waals surface area contributed by atoms with Crippen molar-refractivity contribution in [3.8, 4) is 0 Å². The number of hydrogen-bond acceptors (Lipinski definition) is 3. The Hall–Kier alpha value is -1.84. The molecule has 1 aromatic carbocycles. The second kappa shape index (κ2) is 5.51. The van der Waals surface area contributed by atoms with Crippen LogP contribution in [0.5, 0.6) is 0 Å². The van der Waals surface area contributed by atoms with Crippen LogP contribution in [0.15, 0.2) is 24.3 Å². The van der Waals surface area contributed by atoms with Crippen LogP contribution in [0.1, 0.15) is 31.2 Å². The number of carboxylic acid groups (broad SMARTS) is 1. The number of anilines is 1. The molecule has 0 unspecified atom stereocenters. The van der Waals surface area contributed by atoms with Crippen molar-refractivity contribution in [2.45, 2.75) is 32.6 Å². The standard InChI is InChI=1S/C17H21NO3/c1-10-2-8-13(9-3-10)18-16(19)14-11-4-6-12(7-5-11)15(14)17(20)21/h2-3,8-9,11-12,14-15H,4-7H2,1H3,(H,18,19)(H,20,21)/p-1/t11?,12?,14-,15-/m1/s1. The molecule has 112 valence electrons. The highest BCUT2D eigenvalue weighted by Crippen LogP contribution is 2.49. The number of carbonyl (C=O) groups excluding carboxylic acids is 2. The fourth-order valence-electron chi connectivity index (χ4n) is 4.03. The van der Waals surface area contributed by atoms with Crippen LogP contribution in [0.3, 0.4) is 0 Å². The minimum atomic E-state index is -1.06. The van der Waals surface area contributed by atoms with E-state index in [1.807, 2.05) is 31.2 Å². The zero-order chi connectivity index (χ0) is 15.0. The van der Waals surface area contributed by atoms with Crippen molar-refractivity contribution in [3.05, 3.63) is 29.8 Å². The Labute approximate surface area is 124 Å². The molecule has 0 heterocycles. The van der Waals surface area contributed by atoms with Crippen LogP contribution in [-0.4, -0.2) is 11.9 Å². The maximum atomic E-state index is 12.6. The summed E-state index contributed by atoms with van der Waals surface area (Å²) in [5.74, 6) is -2.00. The number of amides is 1. The molecule has 3 fully saturated rings. The van der Waals surface area contributed by atoms with Crippen LogP contribution >= 0.6 is 0 Å². The molecule has 0 aliphatic heterocycles. The van der Waals surface area contributed by atoms with Crippen molar-refractivity contribution in [2.75, 3.05) is 5.32 Å². The van der Waals surface area contributed by atoms with Gasteiger partial charge in [0.25, 0.3) is 0 Å². The molecule has 3 aliphatic rings. The molecule has 21 heavy (non-hydrogen) atoms. The predicted molar refractivity (Wildman–Crippen MR) is 77.2 cm³/mol. The van der Waals surface area contributed by atoms with Gasteiger partial charge in [-0.3, -0.25) is 4.79 Å². The molecule has 0 aromatic heterocycles. The minimum Gasteiger partial charge on any atom is -0.550 e. The first-order valence-electron chi connectivity index (χ1n) is 7.64. The van der Waals surface area contributed by atoms with Crippen LogP contribution in [0.2, 0.25) is 0 Å². The number of carboxylic acids is 1. The van der Waals surface area contributed by atoms with Gasteiger partial charge in [-0.25, -0.2) is 0 Å². The summed E-state index contributed by atoms with van der Waals surface area (Å²) < 4.78 is 0. The Morgan fingerprint density at radius 1 is 1.00 bits per heavy atom. The SMILES string of the molecule is Cc1ccc(NC(=O)[C@@H]2C3CCC(CC3)[C@H]2C(=O)[O-])cc1. The number of rotatable bonds is 3. The number of benzene rings is 1. The van der Waals surface area contributed by atoms with Crippen LogP contribution in [0.25, 0.3) is 0 Å². The Morgan fingerprint density at radius 3 is 2.05 bits per heavy atom. The van der Waals surface area contributed by atoms with Gasteiger partial charge in [-0.2, -0.15) is 0 Å².